The van der Waals surface area contributed by atoms with Crippen molar-refractivity contribution in [3.8, 4) is 0 Å². The van der Waals surface area contributed by atoms with Gasteiger partial charge in [-0.15, -0.1) is 0 Å². The van der Waals surface area contributed by atoms with Crippen molar-refractivity contribution in [2.75, 3.05) is 23.3 Å². The second-order valence-electron chi connectivity index (χ2n) is 8.86. The molecule has 0 saturated carbocycles. The normalized spacial score (nSPS) is 18.7. The molecule has 0 aromatic heterocycles. The number of amides is 2. The van der Waals surface area contributed by atoms with Gasteiger partial charge < -0.3 is 15.3 Å². The van der Waals surface area contributed by atoms with Gasteiger partial charge in [-0.3, -0.25) is 14.4 Å². The quantitative estimate of drug-likeness (QED) is 0.683. The van der Waals surface area contributed by atoms with Crippen molar-refractivity contribution >= 4 is 40.3 Å². The largest absolute Gasteiger partial charge is 0.506 e. The molecule has 32 heavy (non-hydrogen) atoms. The number of aliphatic hydroxyl groups excluding tert-OH is 1. The van der Waals surface area contributed by atoms with Gasteiger partial charge in [-0.05, 0) is 59.7 Å². The van der Waals surface area contributed by atoms with Crippen LogP contribution in [0, 0.1) is 0 Å². The first kappa shape index (κ1) is 23.2. The molecule has 1 aliphatic heterocycles. The van der Waals surface area contributed by atoms with Crippen molar-refractivity contribution in [2.24, 2.45) is 5.10 Å². The lowest BCUT2D eigenvalue weighted by Gasteiger charge is -2.29. The molecule has 0 bridgehead atoms. The Hall–Kier alpha value is -3.42. The van der Waals surface area contributed by atoms with Crippen molar-refractivity contribution in [1.29, 1.82) is 0 Å². The van der Waals surface area contributed by atoms with Crippen LogP contribution in [0.2, 0.25) is 0 Å². The molecule has 1 aliphatic carbocycles. The average Bonchev–Trinajstić information content (AvgIpc) is 2.99. The highest BCUT2D eigenvalue weighted by Gasteiger charge is 2.45. The molecular formula is C24H30N4O4. The lowest BCUT2D eigenvalue weighted by Crippen LogP contribution is -2.40. The zero-order valence-electron chi connectivity index (χ0n) is 19.7. The lowest BCUT2D eigenvalue weighted by atomic mass is 9.79. The molecule has 0 unspecified atom stereocenters. The summed E-state index contributed by atoms with van der Waals surface area (Å²) in [5.74, 6) is -1.41. The van der Waals surface area contributed by atoms with E-state index in [0.29, 0.717) is 17.0 Å². The summed E-state index contributed by atoms with van der Waals surface area (Å²) in [6, 6.07) is 5.35. The predicted octanol–water partition coefficient (Wildman–Crippen LogP) is 3.66. The summed E-state index contributed by atoms with van der Waals surface area (Å²) >= 11 is 0. The summed E-state index contributed by atoms with van der Waals surface area (Å²) in [4.78, 5) is 40.0. The molecule has 0 fully saturated rings. The number of carbonyl (C=O) groups is 3. The van der Waals surface area contributed by atoms with Gasteiger partial charge in [0.2, 0.25) is 11.7 Å². The van der Waals surface area contributed by atoms with Crippen LogP contribution in [0.4, 0.5) is 11.4 Å². The van der Waals surface area contributed by atoms with Gasteiger partial charge >= 0.3 is 0 Å². The number of hydrogen-bond acceptors (Lipinski definition) is 6. The third-order valence-corrected chi connectivity index (χ3v) is 5.54. The van der Waals surface area contributed by atoms with Crippen molar-refractivity contribution in [3.05, 3.63) is 40.7 Å². The van der Waals surface area contributed by atoms with Crippen molar-refractivity contribution in [2.45, 2.75) is 54.0 Å². The molecule has 2 aliphatic rings. The fraction of sp³-hybridized carbons (Fsp3) is 0.417. The Balaban J connectivity index is 2.11. The summed E-state index contributed by atoms with van der Waals surface area (Å²) in [7, 11) is 0. The number of anilines is 2. The maximum atomic E-state index is 13.2. The van der Waals surface area contributed by atoms with E-state index >= 15 is 0 Å². The van der Waals surface area contributed by atoms with E-state index < -0.39 is 17.2 Å². The van der Waals surface area contributed by atoms with Crippen LogP contribution in [-0.2, 0) is 14.4 Å². The van der Waals surface area contributed by atoms with Crippen LogP contribution in [0.5, 0.6) is 0 Å². The summed E-state index contributed by atoms with van der Waals surface area (Å²) in [5, 5.41) is 19.2. The van der Waals surface area contributed by atoms with Crippen LogP contribution in [0.1, 0.15) is 54.0 Å². The highest BCUT2D eigenvalue weighted by molar-refractivity contribution is 6.44. The Morgan fingerprint density at radius 3 is 2.22 bits per heavy atom. The number of ketones is 1. The third kappa shape index (κ3) is 3.81. The number of carbonyl (C=O) groups excluding carboxylic acids is 3. The second kappa shape index (κ2) is 8.26. The molecule has 2 N–H and O–H groups in total. The number of rotatable bonds is 5. The summed E-state index contributed by atoms with van der Waals surface area (Å²) in [6.45, 7) is 14.2. The molecule has 0 radical (unpaired) electrons. The van der Waals surface area contributed by atoms with Gasteiger partial charge in [0.1, 0.15) is 5.76 Å². The zero-order chi connectivity index (χ0) is 24.0. The van der Waals surface area contributed by atoms with Gasteiger partial charge in [0.15, 0.2) is 0 Å². The lowest BCUT2D eigenvalue weighted by molar-refractivity contribution is -0.130. The molecule has 3 rings (SSSR count). The summed E-state index contributed by atoms with van der Waals surface area (Å²) in [6.07, 6.45) is 0. The number of allylic oxidation sites excluding steroid dienone is 2. The van der Waals surface area contributed by atoms with E-state index in [2.05, 4.69) is 15.3 Å². The Bertz CT molecular complexity index is 1100. The molecule has 1 heterocycles. The van der Waals surface area contributed by atoms with Crippen LogP contribution in [0.15, 0.2) is 40.2 Å². The van der Waals surface area contributed by atoms with Gasteiger partial charge in [-0.1, -0.05) is 0 Å². The van der Waals surface area contributed by atoms with Gasteiger partial charge in [-0.25, -0.2) is 5.01 Å². The van der Waals surface area contributed by atoms with Crippen LogP contribution in [0.3, 0.4) is 0 Å². The van der Waals surface area contributed by atoms with E-state index in [1.165, 1.54) is 11.9 Å². The van der Waals surface area contributed by atoms with Crippen molar-refractivity contribution in [1.82, 2.24) is 5.01 Å². The number of nitrogens with zero attached hydrogens (tertiary/aromatic N) is 3. The molecule has 1 aromatic rings. The van der Waals surface area contributed by atoms with Crippen LogP contribution >= 0.6 is 0 Å². The minimum absolute atomic E-state index is 0.0282. The molecular weight excluding hydrogens is 408 g/mol. The molecule has 1 aromatic carbocycles. The minimum Gasteiger partial charge on any atom is -0.506 e. The smallest absolute Gasteiger partial charge is 0.277 e. The zero-order valence-corrected chi connectivity index (χ0v) is 19.7. The summed E-state index contributed by atoms with van der Waals surface area (Å²) < 4.78 is 0. The Morgan fingerprint density at radius 1 is 1.12 bits per heavy atom. The molecule has 0 atom stereocenters. The van der Waals surface area contributed by atoms with Crippen LogP contribution in [-0.4, -0.2) is 52.1 Å². The number of aliphatic hydroxyl groups is 1. The molecule has 2 amide bonds. The fourth-order valence-corrected chi connectivity index (χ4v) is 3.96. The molecule has 170 valence electrons. The number of hydrazone groups is 1. The first-order valence-electron chi connectivity index (χ1n) is 10.7. The number of benzene rings is 1. The second-order valence-corrected chi connectivity index (χ2v) is 8.86. The topological polar surface area (TPSA) is 102 Å². The van der Waals surface area contributed by atoms with E-state index in [4.69, 9.17) is 0 Å². The van der Waals surface area contributed by atoms with E-state index in [9.17, 15) is 19.5 Å². The van der Waals surface area contributed by atoms with Gasteiger partial charge in [-0.2, -0.15) is 5.10 Å². The number of hydrogen-bond donors (Lipinski definition) is 2. The molecule has 8 nitrogen and oxygen atoms in total. The van der Waals surface area contributed by atoms with Gasteiger partial charge in [0.05, 0.1) is 33.7 Å². The molecule has 0 spiro atoms. The summed E-state index contributed by atoms with van der Waals surface area (Å²) in [5.41, 5.74) is 1.73. The maximum absolute atomic E-state index is 13.2. The van der Waals surface area contributed by atoms with Crippen molar-refractivity contribution < 1.29 is 19.5 Å². The SMILES string of the molecule is CCN(CC)c1ccc(C2=C(O)/C(=C3\C(=O)N(C(C)(C)C)N=C3C)C2=O)c(NC(C)=O)c1. The number of nitrogens with one attached hydrogen (secondary N) is 1. The highest BCUT2D eigenvalue weighted by atomic mass is 16.3. The number of Topliss-reactive ketones (excluding diaryl/α,β-unsaturated/α-hetero) is 1. The van der Waals surface area contributed by atoms with E-state index in [1.807, 2.05) is 40.7 Å². The first-order chi connectivity index (χ1) is 14.9. The Morgan fingerprint density at radius 2 is 1.75 bits per heavy atom. The maximum Gasteiger partial charge on any atom is 0.277 e. The average molecular weight is 439 g/mol. The first-order valence-corrected chi connectivity index (χ1v) is 10.7. The molecule has 8 heteroatoms. The minimum atomic E-state index is -0.561. The molecule has 0 saturated heterocycles. The fourth-order valence-electron chi connectivity index (χ4n) is 3.96. The Kier molecular flexibility index (Phi) is 6.00. The van der Waals surface area contributed by atoms with Crippen LogP contribution in [0.25, 0.3) is 5.57 Å². The Labute approximate surface area is 188 Å². The van der Waals surface area contributed by atoms with Gasteiger partial charge in [0.25, 0.3) is 5.91 Å². The van der Waals surface area contributed by atoms with E-state index in [1.54, 1.807) is 19.1 Å². The monoisotopic (exact) mass is 438 g/mol. The van der Waals surface area contributed by atoms with Crippen molar-refractivity contribution in [3.63, 3.8) is 0 Å². The van der Waals surface area contributed by atoms with Crippen LogP contribution < -0.4 is 10.2 Å². The van der Waals surface area contributed by atoms with Gasteiger partial charge in [0, 0.05) is 31.3 Å². The predicted molar refractivity (Wildman–Crippen MR) is 126 cm³/mol. The van der Waals surface area contributed by atoms with E-state index in [-0.39, 0.29) is 28.4 Å². The third-order valence-electron chi connectivity index (χ3n) is 5.54. The van der Waals surface area contributed by atoms with E-state index in [0.717, 1.165) is 18.8 Å². The standard InChI is InChI=1S/C24H30N4O4/c1-8-27(9-2)15-10-11-16(17(12-15)25-14(4)29)19-21(30)20(22(19)31)18-13(3)26-28(23(18)32)24(5,6)7/h10-12,30H,8-9H2,1-7H3,(H,25,29)/b20-18+. The highest BCUT2D eigenvalue weighted by Crippen LogP contribution is 2.43.